The quantitative estimate of drug-likeness (QED) is 0.714. The van der Waals surface area contributed by atoms with E-state index in [1.165, 1.54) is 62.7 Å². The van der Waals surface area contributed by atoms with Crippen molar-refractivity contribution in [3.05, 3.63) is 23.9 Å². The number of pyridine rings is 1. The summed E-state index contributed by atoms with van der Waals surface area (Å²) in [5.41, 5.74) is 7.75. The number of primary amides is 1. The first kappa shape index (κ1) is 21.3. The fourth-order valence-corrected chi connectivity index (χ4v) is 9.10. The van der Waals surface area contributed by atoms with Gasteiger partial charge in [-0.15, -0.1) is 0 Å². The molecule has 2 N–H and O–H groups in total. The molecule has 2 heterocycles. The van der Waals surface area contributed by atoms with Crippen molar-refractivity contribution in [1.29, 1.82) is 0 Å². The van der Waals surface area contributed by atoms with Crippen molar-refractivity contribution in [1.82, 2.24) is 4.98 Å². The molecule has 0 aromatic carbocycles. The van der Waals surface area contributed by atoms with Crippen LogP contribution in [0.4, 0.5) is 5.82 Å². The maximum atomic E-state index is 12.0. The standard InChI is InChI=1S/C27H41N3O/c1-17-11-14-29-24(16-17)30-15-5-12-27(4)22-10-13-26(3)20(18(2)25(28)31)7-8-21(26)19(22)6-9-23(27)30/h11,14,16,18-23H,5-10,12-13,15H2,1-4H3,(H2,28,31)/t18?,19-,20+,21-,22-,23?,26+,27+/m0/s1. The number of hydrogen-bond donors (Lipinski definition) is 1. The number of amides is 1. The predicted molar refractivity (Wildman–Crippen MR) is 126 cm³/mol. The molecule has 4 aliphatic rings. The molecule has 0 radical (unpaired) electrons. The molecule has 5 rings (SSSR count). The number of carbonyl (C=O) groups excluding carboxylic acids is 1. The summed E-state index contributed by atoms with van der Waals surface area (Å²) in [7, 11) is 0. The lowest BCUT2D eigenvalue weighted by molar-refractivity contribution is -0.127. The molecule has 0 spiro atoms. The maximum absolute atomic E-state index is 12.0. The number of aromatic nitrogens is 1. The zero-order valence-electron chi connectivity index (χ0n) is 19.9. The van der Waals surface area contributed by atoms with Gasteiger partial charge in [0.05, 0.1) is 0 Å². The lowest BCUT2D eigenvalue weighted by Gasteiger charge is -2.62. The summed E-state index contributed by atoms with van der Waals surface area (Å²) in [5.74, 6) is 3.96. The third-order valence-corrected chi connectivity index (χ3v) is 10.6. The summed E-state index contributed by atoms with van der Waals surface area (Å²) >= 11 is 0. The molecule has 4 fully saturated rings. The van der Waals surface area contributed by atoms with E-state index in [1.807, 2.05) is 6.20 Å². The third-order valence-electron chi connectivity index (χ3n) is 10.6. The monoisotopic (exact) mass is 423 g/mol. The van der Waals surface area contributed by atoms with Crippen molar-refractivity contribution in [2.24, 2.45) is 46.2 Å². The lowest BCUT2D eigenvalue weighted by atomic mass is 9.46. The average molecular weight is 424 g/mol. The molecule has 1 aromatic rings. The SMILES string of the molecule is Cc1ccnc(N2CCC[C@@]3(C)C2CC[C@H]2[C@@H]4CC[C@H](C(C)C(N)=O)[C@@]4(C)CC[C@@H]23)c1. The highest BCUT2D eigenvalue weighted by Crippen LogP contribution is 2.67. The highest BCUT2D eigenvalue weighted by Gasteiger charge is 2.61. The molecule has 0 bridgehead atoms. The Morgan fingerprint density at radius 2 is 1.90 bits per heavy atom. The molecular weight excluding hydrogens is 382 g/mol. The number of piperidine rings is 1. The highest BCUT2D eigenvalue weighted by atomic mass is 16.1. The summed E-state index contributed by atoms with van der Waals surface area (Å²) in [5, 5.41) is 0. The van der Waals surface area contributed by atoms with Gasteiger partial charge in [0.15, 0.2) is 0 Å². The second-order valence-electron chi connectivity index (χ2n) is 11.9. The van der Waals surface area contributed by atoms with Crippen molar-refractivity contribution >= 4 is 11.7 Å². The minimum absolute atomic E-state index is 0.0102. The Labute approximate surface area is 188 Å². The summed E-state index contributed by atoms with van der Waals surface area (Å²) in [4.78, 5) is 19.5. The molecule has 170 valence electrons. The van der Waals surface area contributed by atoms with E-state index in [1.54, 1.807) is 0 Å². The van der Waals surface area contributed by atoms with Crippen molar-refractivity contribution < 1.29 is 4.79 Å². The van der Waals surface area contributed by atoms with E-state index in [0.29, 0.717) is 22.8 Å². The van der Waals surface area contributed by atoms with Crippen LogP contribution in [0.3, 0.4) is 0 Å². The molecular formula is C27H41N3O. The molecule has 8 atom stereocenters. The number of anilines is 1. The van der Waals surface area contributed by atoms with Gasteiger partial charge in [0.2, 0.25) is 5.91 Å². The van der Waals surface area contributed by atoms with Crippen LogP contribution < -0.4 is 10.6 Å². The molecule has 4 nitrogen and oxygen atoms in total. The molecule has 1 saturated heterocycles. The van der Waals surface area contributed by atoms with Crippen molar-refractivity contribution in [3.8, 4) is 0 Å². The van der Waals surface area contributed by atoms with Crippen LogP contribution in [0.1, 0.15) is 77.7 Å². The van der Waals surface area contributed by atoms with E-state index in [2.05, 4.69) is 44.7 Å². The Morgan fingerprint density at radius 3 is 2.65 bits per heavy atom. The second kappa shape index (κ2) is 7.49. The average Bonchev–Trinajstić information content (AvgIpc) is 3.09. The Balaban J connectivity index is 1.42. The van der Waals surface area contributed by atoms with E-state index in [0.717, 1.165) is 24.3 Å². The van der Waals surface area contributed by atoms with E-state index < -0.39 is 0 Å². The number of carbonyl (C=O) groups is 1. The Morgan fingerprint density at radius 1 is 1.13 bits per heavy atom. The Bertz CT molecular complexity index is 855. The number of rotatable bonds is 3. The zero-order chi connectivity index (χ0) is 22.0. The van der Waals surface area contributed by atoms with E-state index in [9.17, 15) is 4.79 Å². The van der Waals surface area contributed by atoms with Gasteiger partial charge in [0, 0.05) is 24.7 Å². The van der Waals surface area contributed by atoms with Crippen molar-refractivity contribution in [2.45, 2.75) is 85.1 Å². The van der Waals surface area contributed by atoms with Gasteiger partial charge in [-0.25, -0.2) is 4.98 Å². The van der Waals surface area contributed by atoms with Gasteiger partial charge in [-0.05, 0) is 110 Å². The van der Waals surface area contributed by atoms with Crippen LogP contribution in [0.15, 0.2) is 18.3 Å². The van der Waals surface area contributed by atoms with Gasteiger partial charge in [0.1, 0.15) is 5.82 Å². The lowest BCUT2D eigenvalue weighted by Crippen LogP contribution is -2.61. The van der Waals surface area contributed by atoms with Crippen LogP contribution in [-0.2, 0) is 4.79 Å². The summed E-state index contributed by atoms with van der Waals surface area (Å²) in [6, 6.07) is 5.00. The fourth-order valence-electron chi connectivity index (χ4n) is 9.10. The zero-order valence-corrected chi connectivity index (χ0v) is 19.9. The summed E-state index contributed by atoms with van der Waals surface area (Å²) in [6.07, 6.45) is 12.3. The predicted octanol–water partition coefficient (Wildman–Crippen LogP) is 5.34. The molecule has 3 aliphatic carbocycles. The van der Waals surface area contributed by atoms with Crippen LogP contribution in [0.25, 0.3) is 0 Å². The smallest absolute Gasteiger partial charge is 0.220 e. The molecule has 4 heteroatoms. The fraction of sp³-hybridized carbons (Fsp3) is 0.778. The van der Waals surface area contributed by atoms with Gasteiger partial charge in [0.25, 0.3) is 0 Å². The van der Waals surface area contributed by atoms with E-state index >= 15 is 0 Å². The number of nitrogens with two attached hydrogens (primary N) is 1. The van der Waals surface area contributed by atoms with Crippen LogP contribution in [0.5, 0.6) is 0 Å². The van der Waals surface area contributed by atoms with Gasteiger partial charge < -0.3 is 10.6 Å². The first-order valence-corrected chi connectivity index (χ1v) is 12.7. The Kier molecular flexibility index (Phi) is 5.14. The minimum Gasteiger partial charge on any atom is -0.369 e. The molecule has 31 heavy (non-hydrogen) atoms. The number of fused-ring (bicyclic) bond motifs is 5. The number of aryl methyl sites for hydroxylation is 1. The van der Waals surface area contributed by atoms with E-state index in [4.69, 9.17) is 10.7 Å². The third kappa shape index (κ3) is 3.15. The van der Waals surface area contributed by atoms with Crippen LogP contribution >= 0.6 is 0 Å². The molecule has 1 amide bonds. The topological polar surface area (TPSA) is 59.2 Å². The molecule has 1 aliphatic heterocycles. The first-order chi connectivity index (χ1) is 14.8. The van der Waals surface area contributed by atoms with Crippen LogP contribution in [0, 0.1) is 47.3 Å². The molecule has 2 unspecified atom stereocenters. The number of hydrogen-bond acceptors (Lipinski definition) is 3. The summed E-state index contributed by atoms with van der Waals surface area (Å²) < 4.78 is 0. The van der Waals surface area contributed by atoms with Gasteiger partial charge in [-0.2, -0.15) is 0 Å². The van der Waals surface area contributed by atoms with Gasteiger partial charge in [-0.3, -0.25) is 4.79 Å². The molecule has 3 saturated carbocycles. The number of nitrogens with zero attached hydrogens (tertiary/aromatic N) is 2. The van der Waals surface area contributed by atoms with Gasteiger partial charge in [-0.1, -0.05) is 20.8 Å². The van der Waals surface area contributed by atoms with Crippen LogP contribution in [0.2, 0.25) is 0 Å². The van der Waals surface area contributed by atoms with Crippen LogP contribution in [-0.4, -0.2) is 23.5 Å². The second-order valence-corrected chi connectivity index (χ2v) is 11.9. The largest absolute Gasteiger partial charge is 0.369 e. The Hall–Kier alpha value is -1.58. The maximum Gasteiger partial charge on any atom is 0.220 e. The minimum atomic E-state index is -0.0988. The van der Waals surface area contributed by atoms with Gasteiger partial charge >= 0.3 is 0 Å². The van der Waals surface area contributed by atoms with Crippen molar-refractivity contribution in [2.75, 3.05) is 11.4 Å². The normalized spacial score (nSPS) is 43.0. The first-order valence-electron chi connectivity index (χ1n) is 12.7. The summed E-state index contributed by atoms with van der Waals surface area (Å²) in [6.45, 7) is 10.5. The highest BCUT2D eigenvalue weighted by molar-refractivity contribution is 5.76. The van der Waals surface area contributed by atoms with Crippen molar-refractivity contribution in [3.63, 3.8) is 0 Å². The van der Waals surface area contributed by atoms with E-state index in [-0.39, 0.29) is 11.8 Å². The molecule has 1 aromatic heterocycles.